The van der Waals surface area contributed by atoms with Crippen molar-refractivity contribution in [1.29, 1.82) is 0 Å². The van der Waals surface area contributed by atoms with Gasteiger partial charge in [-0.3, -0.25) is 0 Å². The van der Waals surface area contributed by atoms with E-state index in [9.17, 15) is 0 Å². The first-order chi connectivity index (χ1) is 3.77. The normalized spacial score (nSPS) is 26.2. The minimum Gasteiger partial charge on any atom is -0.119 e. The van der Waals surface area contributed by atoms with Crippen LogP contribution in [0.1, 0.15) is 39.0 Å². The zero-order valence-corrected chi connectivity index (χ0v) is 6.17. The fraction of sp³-hybridized carbons (Fsp3) is 1.00. The van der Waals surface area contributed by atoms with E-state index < -0.39 is 0 Å². The van der Waals surface area contributed by atoms with Crippen LogP contribution in [0.15, 0.2) is 0 Å². The Bertz CT molecular complexity index is 72.5. The van der Waals surface area contributed by atoms with Crippen LogP contribution in [0.5, 0.6) is 0 Å². The minimum absolute atomic E-state index is 0.208. The number of halogens is 1. The fourth-order valence-electron chi connectivity index (χ4n) is 1.36. The highest BCUT2D eigenvalue weighted by Crippen LogP contribution is 2.37. The molecule has 0 aliphatic heterocycles. The molecular formula is C7H13Cl. The summed E-state index contributed by atoms with van der Waals surface area (Å²) in [5.41, 5.74) is 0. The van der Waals surface area contributed by atoms with E-state index in [0.29, 0.717) is 0 Å². The highest BCUT2D eigenvalue weighted by Gasteiger charge is 2.28. The summed E-state index contributed by atoms with van der Waals surface area (Å²) in [6, 6.07) is 0. The Morgan fingerprint density at radius 2 is 1.88 bits per heavy atom. The van der Waals surface area contributed by atoms with Crippen LogP contribution in [-0.4, -0.2) is 4.87 Å². The van der Waals surface area contributed by atoms with Gasteiger partial charge < -0.3 is 0 Å². The predicted octanol–water partition coefficient (Wildman–Crippen LogP) is 2.95. The first-order valence-corrected chi connectivity index (χ1v) is 3.83. The molecule has 0 amide bonds. The third-order valence-corrected chi connectivity index (χ3v) is 2.78. The van der Waals surface area contributed by atoms with Crippen LogP contribution in [-0.2, 0) is 0 Å². The molecule has 0 N–H and O–H groups in total. The highest BCUT2D eigenvalue weighted by atomic mass is 35.5. The molecule has 0 bridgehead atoms. The van der Waals surface area contributed by atoms with Crippen molar-refractivity contribution in [3.8, 4) is 0 Å². The quantitative estimate of drug-likeness (QED) is 0.482. The average Bonchev–Trinajstić information content (AvgIpc) is 2.17. The van der Waals surface area contributed by atoms with Crippen molar-refractivity contribution in [3.05, 3.63) is 0 Å². The summed E-state index contributed by atoms with van der Waals surface area (Å²) in [5, 5.41) is 0. The van der Waals surface area contributed by atoms with Gasteiger partial charge in [-0.05, 0) is 19.3 Å². The minimum atomic E-state index is 0.208. The van der Waals surface area contributed by atoms with Crippen molar-refractivity contribution in [2.45, 2.75) is 43.9 Å². The van der Waals surface area contributed by atoms with Crippen molar-refractivity contribution >= 4 is 11.6 Å². The van der Waals surface area contributed by atoms with E-state index in [0.717, 1.165) is 6.42 Å². The molecule has 0 unspecified atom stereocenters. The molecule has 0 aromatic heterocycles. The summed E-state index contributed by atoms with van der Waals surface area (Å²) < 4.78 is 0. The molecule has 1 aliphatic rings. The standard InChI is InChI=1S/C7H13Cl/c1-2-7(8)5-3-4-6-7/h2-6H2,1H3. The van der Waals surface area contributed by atoms with Crippen LogP contribution < -0.4 is 0 Å². The second-order valence-corrected chi connectivity index (χ2v) is 3.51. The number of hydrogen-bond acceptors (Lipinski definition) is 0. The molecule has 0 spiro atoms. The molecule has 0 radical (unpaired) electrons. The third kappa shape index (κ3) is 1.17. The molecule has 0 heterocycles. The summed E-state index contributed by atoms with van der Waals surface area (Å²) >= 11 is 6.16. The molecule has 0 aromatic rings. The monoisotopic (exact) mass is 132 g/mol. The van der Waals surface area contributed by atoms with Crippen molar-refractivity contribution in [1.82, 2.24) is 0 Å². The lowest BCUT2D eigenvalue weighted by molar-refractivity contribution is 0.575. The van der Waals surface area contributed by atoms with E-state index in [1.54, 1.807) is 0 Å². The van der Waals surface area contributed by atoms with Crippen LogP contribution in [0.25, 0.3) is 0 Å². The third-order valence-electron chi connectivity index (χ3n) is 2.13. The maximum Gasteiger partial charge on any atom is 0.0444 e. The summed E-state index contributed by atoms with van der Waals surface area (Å²) in [7, 11) is 0. The van der Waals surface area contributed by atoms with Crippen molar-refractivity contribution in [2.75, 3.05) is 0 Å². The van der Waals surface area contributed by atoms with Gasteiger partial charge in [0.05, 0.1) is 0 Å². The molecule has 0 saturated heterocycles. The Morgan fingerprint density at radius 3 is 2.12 bits per heavy atom. The van der Waals surface area contributed by atoms with E-state index in [1.807, 2.05) is 0 Å². The Morgan fingerprint density at radius 1 is 1.38 bits per heavy atom. The van der Waals surface area contributed by atoms with Gasteiger partial charge in [0.2, 0.25) is 0 Å². The van der Waals surface area contributed by atoms with E-state index in [4.69, 9.17) is 11.6 Å². The first kappa shape index (κ1) is 6.41. The Balaban J connectivity index is 2.40. The van der Waals surface area contributed by atoms with Crippen molar-refractivity contribution in [3.63, 3.8) is 0 Å². The number of rotatable bonds is 1. The summed E-state index contributed by atoms with van der Waals surface area (Å²) in [6.45, 7) is 2.18. The Labute approximate surface area is 56.2 Å². The average molecular weight is 133 g/mol. The largest absolute Gasteiger partial charge is 0.119 e. The van der Waals surface area contributed by atoms with Crippen LogP contribution in [0.4, 0.5) is 0 Å². The Kier molecular flexibility index (Phi) is 1.81. The smallest absolute Gasteiger partial charge is 0.0444 e. The lowest BCUT2D eigenvalue weighted by Gasteiger charge is -2.16. The van der Waals surface area contributed by atoms with Gasteiger partial charge in [-0.15, -0.1) is 11.6 Å². The maximum atomic E-state index is 6.16. The number of alkyl halides is 1. The van der Waals surface area contributed by atoms with Crippen LogP contribution in [0.2, 0.25) is 0 Å². The van der Waals surface area contributed by atoms with Crippen LogP contribution in [0.3, 0.4) is 0 Å². The summed E-state index contributed by atoms with van der Waals surface area (Å²) in [6.07, 6.45) is 6.32. The topological polar surface area (TPSA) is 0 Å². The molecule has 0 aromatic carbocycles. The lowest BCUT2D eigenvalue weighted by atomic mass is 10.1. The zero-order chi connectivity index (χ0) is 6.04. The summed E-state index contributed by atoms with van der Waals surface area (Å²) in [5.74, 6) is 0. The first-order valence-electron chi connectivity index (χ1n) is 3.46. The van der Waals surface area contributed by atoms with Crippen LogP contribution >= 0.6 is 11.6 Å². The maximum absolute atomic E-state index is 6.16. The molecule has 0 nitrogen and oxygen atoms in total. The predicted molar refractivity (Wildman–Crippen MR) is 37.3 cm³/mol. The van der Waals surface area contributed by atoms with Gasteiger partial charge in [-0.2, -0.15) is 0 Å². The van der Waals surface area contributed by atoms with Gasteiger partial charge in [0.25, 0.3) is 0 Å². The summed E-state index contributed by atoms with van der Waals surface area (Å²) in [4.78, 5) is 0.208. The van der Waals surface area contributed by atoms with Gasteiger partial charge in [0, 0.05) is 4.87 Å². The van der Waals surface area contributed by atoms with E-state index in [1.165, 1.54) is 25.7 Å². The second kappa shape index (κ2) is 2.26. The van der Waals surface area contributed by atoms with Gasteiger partial charge in [0.1, 0.15) is 0 Å². The molecule has 1 fully saturated rings. The highest BCUT2D eigenvalue weighted by molar-refractivity contribution is 6.24. The van der Waals surface area contributed by atoms with Crippen molar-refractivity contribution in [2.24, 2.45) is 0 Å². The SMILES string of the molecule is CCC1(Cl)CCCC1. The fourth-order valence-corrected chi connectivity index (χ4v) is 1.63. The molecule has 1 aliphatic carbocycles. The van der Waals surface area contributed by atoms with E-state index in [-0.39, 0.29) is 4.87 Å². The van der Waals surface area contributed by atoms with Gasteiger partial charge in [0.15, 0.2) is 0 Å². The van der Waals surface area contributed by atoms with Gasteiger partial charge >= 0.3 is 0 Å². The lowest BCUT2D eigenvalue weighted by Crippen LogP contribution is -2.12. The van der Waals surface area contributed by atoms with Gasteiger partial charge in [-0.1, -0.05) is 19.8 Å². The van der Waals surface area contributed by atoms with E-state index >= 15 is 0 Å². The molecule has 48 valence electrons. The molecule has 1 heteroatoms. The number of hydrogen-bond donors (Lipinski definition) is 0. The van der Waals surface area contributed by atoms with Crippen LogP contribution in [0, 0.1) is 0 Å². The molecule has 1 rings (SSSR count). The molecule has 0 atom stereocenters. The Hall–Kier alpha value is 0.290. The van der Waals surface area contributed by atoms with Crippen molar-refractivity contribution < 1.29 is 0 Å². The second-order valence-electron chi connectivity index (χ2n) is 2.71. The molecule has 1 saturated carbocycles. The molecular weight excluding hydrogens is 120 g/mol. The van der Waals surface area contributed by atoms with E-state index in [2.05, 4.69) is 6.92 Å². The zero-order valence-electron chi connectivity index (χ0n) is 5.41. The molecule has 8 heavy (non-hydrogen) atoms. The van der Waals surface area contributed by atoms with Gasteiger partial charge in [-0.25, -0.2) is 0 Å².